The molecule has 0 amide bonds. The van der Waals surface area contributed by atoms with Gasteiger partial charge in [0, 0.05) is 32.2 Å². The lowest BCUT2D eigenvalue weighted by molar-refractivity contribution is 0.103. The van der Waals surface area contributed by atoms with E-state index in [1.807, 2.05) is 0 Å². The second kappa shape index (κ2) is 8.38. The van der Waals surface area contributed by atoms with Crippen molar-refractivity contribution in [1.29, 1.82) is 0 Å². The molecule has 2 heteroatoms. The van der Waals surface area contributed by atoms with Crippen LogP contribution in [0.25, 0.3) is 0 Å². The molecule has 1 saturated heterocycles. The Bertz CT molecular complexity index is 250. The largest absolute Gasteiger partial charge is 0.301 e. The first-order valence-electron chi connectivity index (χ1n) is 9.11. The lowest BCUT2D eigenvalue weighted by atomic mass is 9.82. The van der Waals surface area contributed by atoms with Crippen molar-refractivity contribution in [3.63, 3.8) is 0 Å². The Morgan fingerprint density at radius 2 is 1.55 bits per heavy atom. The number of hydrogen-bond acceptors (Lipinski definition) is 2. The van der Waals surface area contributed by atoms with Crippen LogP contribution in [0.5, 0.6) is 0 Å². The minimum Gasteiger partial charge on any atom is -0.301 e. The third-order valence-electron chi connectivity index (χ3n) is 5.54. The highest BCUT2D eigenvalue weighted by molar-refractivity contribution is 4.75. The topological polar surface area (TPSA) is 6.48 Å². The minimum absolute atomic E-state index is 0.724. The monoisotopic (exact) mass is 280 g/mol. The predicted molar refractivity (Wildman–Crippen MR) is 88.1 cm³/mol. The zero-order chi connectivity index (χ0) is 14.4. The van der Waals surface area contributed by atoms with E-state index in [-0.39, 0.29) is 0 Å². The van der Waals surface area contributed by atoms with Gasteiger partial charge in [0.2, 0.25) is 0 Å². The van der Waals surface area contributed by atoms with Crippen LogP contribution in [-0.2, 0) is 0 Å². The summed E-state index contributed by atoms with van der Waals surface area (Å²) in [6, 6.07) is 0.724. The van der Waals surface area contributed by atoms with Gasteiger partial charge in [-0.05, 0) is 45.1 Å². The molecule has 20 heavy (non-hydrogen) atoms. The van der Waals surface area contributed by atoms with Gasteiger partial charge in [-0.15, -0.1) is 0 Å². The van der Waals surface area contributed by atoms with Crippen molar-refractivity contribution < 1.29 is 0 Å². The van der Waals surface area contributed by atoms with Crippen LogP contribution in [0.2, 0.25) is 0 Å². The molecule has 0 aromatic rings. The van der Waals surface area contributed by atoms with Gasteiger partial charge >= 0.3 is 0 Å². The fourth-order valence-corrected chi connectivity index (χ4v) is 4.02. The van der Waals surface area contributed by atoms with Gasteiger partial charge < -0.3 is 4.90 Å². The summed E-state index contributed by atoms with van der Waals surface area (Å²) in [6.45, 7) is 13.6. The summed E-state index contributed by atoms with van der Waals surface area (Å²) >= 11 is 0. The Labute approximate surface area is 126 Å². The summed E-state index contributed by atoms with van der Waals surface area (Å²) in [7, 11) is 0. The van der Waals surface area contributed by atoms with Crippen LogP contribution >= 0.6 is 0 Å². The van der Waals surface area contributed by atoms with Crippen molar-refractivity contribution in [2.45, 2.75) is 71.8 Å². The molecule has 0 bridgehead atoms. The van der Waals surface area contributed by atoms with E-state index in [1.165, 1.54) is 77.7 Å². The quantitative estimate of drug-likeness (QED) is 0.725. The molecule has 0 radical (unpaired) electrons. The average molecular weight is 280 g/mol. The molecule has 1 aliphatic carbocycles. The molecule has 0 N–H and O–H groups in total. The number of piperazine rings is 1. The highest BCUT2D eigenvalue weighted by Crippen LogP contribution is 2.30. The fraction of sp³-hybridized carbons (Fsp3) is 1.00. The van der Waals surface area contributed by atoms with Crippen LogP contribution in [0.1, 0.15) is 65.7 Å². The lowest BCUT2D eigenvalue weighted by Crippen LogP contribution is -2.49. The maximum atomic E-state index is 2.69. The van der Waals surface area contributed by atoms with E-state index in [0.29, 0.717) is 0 Å². The normalized spacial score (nSPS) is 25.2. The molecule has 1 saturated carbocycles. The van der Waals surface area contributed by atoms with Crippen LogP contribution in [0.15, 0.2) is 0 Å². The van der Waals surface area contributed by atoms with E-state index in [9.17, 15) is 0 Å². The average Bonchev–Trinajstić information content (AvgIpc) is 2.46. The van der Waals surface area contributed by atoms with Crippen molar-refractivity contribution in [3.8, 4) is 0 Å². The zero-order valence-corrected chi connectivity index (χ0v) is 14.1. The molecule has 2 rings (SSSR count). The molecular weight excluding hydrogens is 244 g/mol. The molecular formula is C18H36N2. The first-order chi connectivity index (χ1) is 9.65. The lowest BCUT2D eigenvalue weighted by Gasteiger charge is -2.37. The Morgan fingerprint density at radius 1 is 0.900 bits per heavy atom. The van der Waals surface area contributed by atoms with Crippen molar-refractivity contribution in [1.82, 2.24) is 9.80 Å². The summed E-state index contributed by atoms with van der Waals surface area (Å²) in [5, 5.41) is 0. The second-order valence-corrected chi connectivity index (χ2v) is 7.60. The standard InChI is InChI=1S/C18H36N2/c1-16(2)20-13-11-19(12-14-20)10-9-17(3)15-18-7-5-4-6-8-18/h16-18H,4-15H2,1-3H3/t17-/m0/s1. The molecule has 0 aromatic heterocycles. The maximum absolute atomic E-state index is 2.69. The maximum Gasteiger partial charge on any atom is 0.0113 e. The minimum atomic E-state index is 0.724. The van der Waals surface area contributed by atoms with Gasteiger partial charge in [-0.25, -0.2) is 0 Å². The molecule has 0 unspecified atom stereocenters. The van der Waals surface area contributed by atoms with E-state index in [0.717, 1.165) is 17.9 Å². The summed E-state index contributed by atoms with van der Waals surface area (Å²) in [5.41, 5.74) is 0. The molecule has 1 atom stereocenters. The highest BCUT2D eigenvalue weighted by atomic mass is 15.3. The molecule has 0 aromatic carbocycles. The number of nitrogens with zero attached hydrogens (tertiary/aromatic N) is 2. The summed E-state index contributed by atoms with van der Waals surface area (Å²) in [4.78, 5) is 5.30. The van der Waals surface area contributed by atoms with Crippen molar-refractivity contribution in [2.75, 3.05) is 32.7 Å². The molecule has 118 valence electrons. The second-order valence-electron chi connectivity index (χ2n) is 7.60. The van der Waals surface area contributed by atoms with Crippen molar-refractivity contribution >= 4 is 0 Å². The number of rotatable bonds is 6. The predicted octanol–water partition coefficient (Wildman–Crippen LogP) is 4.01. The van der Waals surface area contributed by atoms with Gasteiger partial charge in [0.15, 0.2) is 0 Å². The van der Waals surface area contributed by atoms with Gasteiger partial charge in [0.25, 0.3) is 0 Å². The van der Waals surface area contributed by atoms with E-state index >= 15 is 0 Å². The SMILES string of the molecule is CC(C)N1CCN(CC[C@H](C)CC2CCCCC2)CC1. The summed E-state index contributed by atoms with van der Waals surface area (Å²) in [6.07, 6.45) is 10.4. The Hall–Kier alpha value is -0.0800. The molecule has 2 aliphatic rings. The Kier molecular flexibility index (Phi) is 6.83. The molecule has 1 heterocycles. The third-order valence-corrected chi connectivity index (χ3v) is 5.54. The van der Waals surface area contributed by atoms with Gasteiger partial charge in [0.05, 0.1) is 0 Å². The van der Waals surface area contributed by atoms with Crippen LogP contribution in [0, 0.1) is 11.8 Å². The zero-order valence-electron chi connectivity index (χ0n) is 14.1. The Balaban J connectivity index is 1.58. The fourth-order valence-electron chi connectivity index (χ4n) is 4.02. The van der Waals surface area contributed by atoms with Crippen LogP contribution in [0.3, 0.4) is 0 Å². The van der Waals surface area contributed by atoms with Gasteiger partial charge in [-0.2, -0.15) is 0 Å². The molecule has 1 aliphatic heterocycles. The van der Waals surface area contributed by atoms with Crippen LogP contribution in [-0.4, -0.2) is 48.6 Å². The van der Waals surface area contributed by atoms with E-state index in [4.69, 9.17) is 0 Å². The van der Waals surface area contributed by atoms with Gasteiger partial charge in [0.1, 0.15) is 0 Å². The first-order valence-corrected chi connectivity index (χ1v) is 9.11. The molecule has 2 fully saturated rings. The third kappa shape index (κ3) is 5.37. The van der Waals surface area contributed by atoms with E-state index < -0.39 is 0 Å². The van der Waals surface area contributed by atoms with E-state index in [1.54, 1.807) is 0 Å². The Morgan fingerprint density at radius 3 is 2.15 bits per heavy atom. The first kappa shape index (κ1) is 16.3. The highest BCUT2D eigenvalue weighted by Gasteiger charge is 2.20. The summed E-state index contributed by atoms with van der Waals surface area (Å²) in [5.74, 6) is 1.98. The summed E-state index contributed by atoms with van der Waals surface area (Å²) < 4.78 is 0. The van der Waals surface area contributed by atoms with Gasteiger partial charge in [-0.1, -0.05) is 39.0 Å². The number of hydrogen-bond donors (Lipinski definition) is 0. The molecule has 2 nitrogen and oxygen atoms in total. The van der Waals surface area contributed by atoms with Gasteiger partial charge in [-0.3, -0.25) is 4.90 Å². The smallest absolute Gasteiger partial charge is 0.0113 e. The van der Waals surface area contributed by atoms with Crippen LogP contribution in [0.4, 0.5) is 0 Å². The van der Waals surface area contributed by atoms with E-state index in [2.05, 4.69) is 30.6 Å². The van der Waals surface area contributed by atoms with Crippen LogP contribution < -0.4 is 0 Å². The molecule has 0 spiro atoms. The van der Waals surface area contributed by atoms with Crippen molar-refractivity contribution in [3.05, 3.63) is 0 Å². The van der Waals surface area contributed by atoms with Crippen molar-refractivity contribution in [2.24, 2.45) is 11.8 Å².